The minimum Gasteiger partial charge on any atom is -0.308 e. The Morgan fingerprint density at radius 1 is 1.32 bits per heavy atom. The van der Waals surface area contributed by atoms with Gasteiger partial charge in [-0.1, -0.05) is 12.1 Å². The number of nitrogens with zero attached hydrogens (tertiary/aromatic N) is 2. The molecular formula is C15H18N2OS. The second-order valence-corrected chi connectivity index (χ2v) is 5.74. The predicted molar refractivity (Wildman–Crippen MR) is 80.1 cm³/mol. The second-order valence-electron chi connectivity index (χ2n) is 4.54. The monoisotopic (exact) mass is 274 g/mol. The van der Waals surface area contributed by atoms with Crippen molar-refractivity contribution in [1.82, 2.24) is 4.98 Å². The van der Waals surface area contributed by atoms with Gasteiger partial charge in [-0.15, -0.1) is 11.3 Å². The lowest BCUT2D eigenvalue weighted by molar-refractivity contribution is 0.0991. The second kappa shape index (κ2) is 5.53. The van der Waals surface area contributed by atoms with Crippen molar-refractivity contribution >= 4 is 22.9 Å². The van der Waals surface area contributed by atoms with E-state index in [4.69, 9.17) is 0 Å². The first-order valence-electron chi connectivity index (χ1n) is 6.35. The van der Waals surface area contributed by atoms with Crippen LogP contribution < -0.4 is 4.90 Å². The van der Waals surface area contributed by atoms with E-state index in [1.165, 1.54) is 11.3 Å². The summed E-state index contributed by atoms with van der Waals surface area (Å²) in [5.41, 5.74) is 2.91. The molecule has 0 fully saturated rings. The molecule has 19 heavy (non-hydrogen) atoms. The van der Waals surface area contributed by atoms with Gasteiger partial charge >= 0.3 is 0 Å². The molecule has 0 aliphatic heterocycles. The van der Waals surface area contributed by atoms with Gasteiger partial charge in [0.2, 0.25) is 0 Å². The van der Waals surface area contributed by atoms with Crippen LogP contribution in [-0.2, 0) is 0 Å². The lowest BCUT2D eigenvalue weighted by Crippen LogP contribution is -2.30. The van der Waals surface area contributed by atoms with Crippen LogP contribution in [0.3, 0.4) is 0 Å². The summed E-state index contributed by atoms with van der Waals surface area (Å²) in [5.74, 6) is 0.0381. The van der Waals surface area contributed by atoms with Gasteiger partial charge in [0.25, 0.3) is 5.91 Å². The molecule has 100 valence electrons. The molecule has 0 saturated heterocycles. The van der Waals surface area contributed by atoms with Gasteiger partial charge < -0.3 is 4.90 Å². The third-order valence-electron chi connectivity index (χ3n) is 2.97. The molecule has 0 bridgehead atoms. The van der Waals surface area contributed by atoms with Crippen LogP contribution in [0, 0.1) is 20.8 Å². The third-order valence-corrected chi connectivity index (χ3v) is 4.03. The summed E-state index contributed by atoms with van der Waals surface area (Å²) in [6.45, 7) is 8.49. The van der Waals surface area contributed by atoms with Crippen molar-refractivity contribution in [2.45, 2.75) is 27.7 Å². The highest BCUT2D eigenvalue weighted by atomic mass is 32.1. The maximum atomic E-state index is 12.6. The molecule has 0 N–H and O–H groups in total. The minimum absolute atomic E-state index is 0.0381. The Labute approximate surface area is 117 Å². The first-order chi connectivity index (χ1) is 9.02. The van der Waals surface area contributed by atoms with Gasteiger partial charge in [0.15, 0.2) is 0 Å². The van der Waals surface area contributed by atoms with Crippen molar-refractivity contribution in [3.8, 4) is 0 Å². The van der Waals surface area contributed by atoms with Gasteiger partial charge in [-0.25, -0.2) is 4.98 Å². The molecule has 1 amide bonds. The van der Waals surface area contributed by atoms with Crippen LogP contribution in [0.25, 0.3) is 0 Å². The minimum atomic E-state index is 0.0381. The summed E-state index contributed by atoms with van der Waals surface area (Å²) in [4.78, 5) is 19.5. The number of carbonyl (C=O) groups is 1. The van der Waals surface area contributed by atoms with Gasteiger partial charge in [0, 0.05) is 12.2 Å². The molecule has 1 aromatic heterocycles. The van der Waals surface area contributed by atoms with E-state index in [0.717, 1.165) is 26.8 Å². The van der Waals surface area contributed by atoms with Crippen LogP contribution in [0.1, 0.15) is 32.9 Å². The Bertz CT molecular complexity index is 604. The smallest absolute Gasteiger partial charge is 0.270 e. The molecule has 1 heterocycles. The summed E-state index contributed by atoms with van der Waals surface area (Å²) >= 11 is 1.46. The van der Waals surface area contributed by atoms with E-state index >= 15 is 0 Å². The fourth-order valence-corrected chi connectivity index (χ4v) is 2.96. The SMILES string of the molecule is CCN(C(=O)c1sc(C)nc1C)c1cccc(C)c1. The molecule has 0 spiro atoms. The van der Waals surface area contributed by atoms with Crippen LogP contribution in [0.5, 0.6) is 0 Å². The van der Waals surface area contributed by atoms with Crippen LogP contribution >= 0.6 is 11.3 Å². The number of carbonyl (C=O) groups excluding carboxylic acids is 1. The molecule has 0 unspecified atom stereocenters. The molecular weight excluding hydrogens is 256 g/mol. The van der Waals surface area contributed by atoms with E-state index in [2.05, 4.69) is 4.98 Å². The molecule has 4 heteroatoms. The fraction of sp³-hybridized carbons (Fsp3) is 0.333. The third kappa shape index (κ3) is 2.84. The quantitative estimate of drug-likeness (QED) is 0.854. The molecule has 0 saturated carbocycles. The number of benzene rings is 1. The molecule has 0 aliphatic rings. The highest BCUT2D eigenvalue weighted by Gasteiger charge is 2.20. The van der Waals surface area contributed by atoms with E-state index in [1.807, 2.05) is 52.0 Å². The molecule has 3 nitrogen and oxygen atoms in total. The van der Waals surface area contributed by atoms with Crippen molar-refractivity contribution in [3.63, 3.8) is 0 Å². The van der Waals surface area contributed by atoms with Crippen molar-refractivity contribution in [1.29, 1.82) is 0 Å². The first kappa shape index (κ1) is 13.7. The number of aromatic nitrogens is 1. The molecule has 0 radical (unpaired) electrons. The predicted octanol–water partition coefficient (Wildman–Crippen LogP) is 3.74. The van der Waals surface area contributed by atoms with E-state index in [0.29, 0.717) is 6.54 Å². The van der Waals surface area contributed by atoms with E-state index in [1.54, 1.807) is 4.90 Å². The Balaban J connectivity index is 2.37. The van der Waals surface area contributed by atoms with Gasteiger partial charge in [0.1, 0.15) is 4.88 Å². The Morgan fingerprint density at radius 3 is 2.58 bits per heavy atom. The zero-order valence-corrected chi connectivity index (χ0v) is 12.5. The molecule has 2 aromatic rings. The average Bonchev–Trinajstić information content (AvgIpc) is 2.69. The highest BCUT2D eigenvalue weighted by molar-refractivity contribution is 7.13. The summed E-state index contributed by atoms with van der Waals surface area (Å²) in [6, 6.07) is 8.01. The Morgan fingerprint density at radius 2 is 2.05 bits per heavy atom. The van der Waals surface area contributed by atoms with Crippen LogP contribution in [0.4, 0.5) is 5.69 Å². The largest absolute Gasteiger partial charge is 0.308 e. The van der Waals surface area contributed by atoms with Crippen molar-refractivity contribution in [2.24, 2.45) is 0 Å². The van der Waals surface area contributed by atoms with Crippen molar-refractivity contribution in [3.05, 3.63) is 45.4 Å². The van der Waals surface area contributed by atoms with E-state index in [-0.39, 0.29) is 5.91 Å². The summed E-state index contributed by atoms with van der Waals surface area (Å²) in [5, 5.41) is 0.932. The zero-order valence-electron chi connectivity index (χ0n) is 11.7. The highest BCUT2D eigenvalue weighted by Crippen LogP contribution is 2.23. The molecule has 0 atom stereocenters. The van der Waals surface area contributed by atoms with E-state index < -0.39 is 0 Å². The normalized spacial score (nSPS) is 10.5. The lowest BCUT2D eigenvalue weighted by atomic mass is 10.2. The van der Waals surface area contributed by atoms with Gasteiger partial charge in [-0.05, 0) is 45.4 Å². The number of hydrogen-bond donors (Lipinski definition) is 0. The topological polar surface area (TPSA) is 33.2 Å². The lowest BCUT2D eigenvalue weighted by Gasteiger charge is -2.21. The fourth-order valence-electron chi connectivity index (χ4n) is 2.09. The van der Waals surface area contributed by atoms with Gasteiger partial charge in [-0.3, -0.25) is 4.79 Å². The standard InChI is InChI=1S/C15H18N2OS/c1-5-17(13-8-6-7-10(2)9-13)15(18)14-11(3)16-12(4)19-14/h6-9H,5H2,1-4H3. The van der Waals surface area contributed by atoms with Crippen molar-refractivity contribution < 1.29 is 4.79 Å². The van der Waals surface area contributed by atoms with Crippen molar-refractivity contribution in [2.75, 3.05) is 11.4 Å². The first-order valence-corrected chi connectivity index (χ1v) is 7.17. The Kier molecular flexibility index (Phi) is 4.00. The number of thiazole rings is 1. The Hall–Kier alpha value is -1.68. The molecule has 1 aromatic carbocycles. The van der Waals surface area contributed by atoms with Gasteiger partial charge in [0.05, 0.1) is 10.7 Å². The van der Waals surface area contributed by atoms with Crippen LogP contribution in [0.15, 0.2) is 24.3 Å². The van der Waals surface area contributed by atoms with Crippen LogP contribution in [-0.4, -0.2) is 17.4 Å². The zero-order chi connectivity index (χ0) is 14.0. The maximum absolute atomic E-state index is 12.6. The number of amides is 1. The summed E-state index contributed by atoms with van der Waals surface area (Å²) in [7, 11) is 0. The number of aryl methyl sites for hydroxylation is 3. The summed E-state index contributed by atoms with van der Waals surface area (Å²) < 4.78 is 0. The van der Waals surface area contributed by atoms with Gasteiger partial charge in [-0.2, -0.15) is 0 Å². The molecule has 0 aliphatic carbocycles. The van der Waals surface area contributed by atoms with Crippen LogP contribution in [0.2, 0.25) is 0 Å². The number of rotatable bonds is 3. The average molecular weight is 274 g/mol. The number of anilines is 1. The van der Waals surface area contributed by atoms with E-state index in [9.17, 15) is 4.79 Å². The maximum Gasteiger partial charge on any atom is 0.270 e. The number of hydrogen-bond acceptors (Lipinski definition) is 3. The molecule has 2 rings (SSSR count). The summed E-state index contributed by atoms with van der Waals surface area (Å²) in [6.07, 6.45) is 0.